The van der Waals surface area contributed by atoms with Crippen LogP contribution in [0.4, 0.5) is 8.78 Å². The van der Waals surface area contributed by atoms with Crippen LogP contribution in [0.3, 0.4) is 0 Å². The Morgan fingerprint density at radius 2 is 1.78 bits per heavy atom. The number of hydrogen-bond donors (Lipinski definition) is 1. The summed E-state index contributed by atoms with van der Waals surface area (Å²) in [6.45, 7) is 3.34. The van der Waals surface area contributed by atoms with Gasteiger partial charge in [0, 0.05) is 0 Å². The lowest BCUT2D eigenvalue weighted by atomic mass is 9.86. The summed E-state index contributed by atoms with van der Waals surface area (Å²) in [6, 6.07) is 3.27. The third-order valence-electron chi connectivity index (χ3n) is 2.83. The fourth-order valence-corrected chi connectivity index (χ4v) is 1.87. The lowest BCUT2D eigenvalue weighted by Crippen LogP contribution is -2.29. The second-order valence-electron chi connectivity index (χ2n) is 4.37. The Morgan fingerprint density at radius 3 is 2.17 bits per heavy atom. The summed E-state index contributed by atoms with van der Waals surface area (Å²) >= 11 is 0. The maximum absolute atomic E-state index is 13.5. The molecule has 2 unspecified atom stereocenters. The molecule has 1 rings (SSSR count). The fourth-order valence-electron chi connectivity index (χ4n) is 1.87. The molecule has 18 heavy (non-hydrogen) atoms. The molecule has 0 amide bonds. The Morgan fingerprint density at radius 1 is 1.28 bits per heavy atom. The zero-order chi connectivity index (χ0) is 13.9. The zero-order valence-corrected chi connectivity index (χ0v) is 10.5. The molecule has 0 aromatic heterocycles. The van der Waals surface area contributed by atoms with Crippen LogP contribution in [0.5, 0.6) is 0 Å². The highest BCUT2D eigenvalue weighted by molar-refractivity contribution is 5.73. The van der Waals surface area contributed by atoms with Crippen LogP contribution in [0.1, 0.15) is 25.5 Å². The predicted octanol–water partition coefficient (Wildman–Crippen LogP) is 2.44. The van der Waals surface area contributed by atoms with Crippen LogP contribution in [-0.2, 0) is 9.53 Å². The molecule has 0 radical (unpaired) electrons. The molecule has 1 N–H and O–H groups in total. The van der Waals surface area contributed by atoms with E-state index in [0.29, 0.717) is 0 Å². The molecule has 0 aliphatic carbocycles. The Hall–Kier alpha value is -1.49. The smallest absolute Gasteiger partial charge is 0.311 e. The van der Waals surface area contributed by atoms with E-state index >= 15 is 0 Å². The summed E-state index contributed by atoms with van der Waals surface area (Å²) in [4.78, 5) is 11.6. The summed E-state index contributed by atoms with van der Waals surface area (Å²) in [5, 5.41) is 10.0. The topological polar surface area (TPSA) is 46.5 Å². The Kier molecular flexibility index (Phi) is 4.78. The number of hydrogen-bond acceptors (Lipinski definition) is 3. The van der Waals surface area contributed by atoms with Gasteiger partial charge in [-0.1, -0.05) is 19.9 Å². The number of carbonyl (C=O) groups is 1. The van der Waals surface area contributed by atoms with Crippen molar-refractivity contribution in [3.63, 3.8) is 0 Å². The Bertz CT molecular complexity index is 412. The first-order valence-electron chi connectivity index (χ1n) is 5.60. The highest BCUT2D eigenvalue weighted by Crippen LogP contribution is 2.32. The van der Waals surface area contributed by atoms with Crippen LogP contribution in [-0.4, -0.2) is 18.2 Å². The van der Waals surface area contributed by atoms with Gasteiger partial charge in [-0.05, 0) is 18.1 Å². The van der Waals surface area contributed by atoms with Gasteiger partial charge in [0.15, 0.2) is 0 Å². The Balaban J connectivity index is 3.18. The number of methoxy groups -OCH3 is 1. The van der Waals surface area contributed by atoms with Crippen LogP contribution in [0.15, 0.2) is 18.2 Å². The molecule has 0 heterocycles. The van der Waals surface area contributed by atoms with E-state index in [9.17, 15) is 18.7 Å². The van der Waals surface area contributed by atoms with Crippen LogP contribution in [0.25, 0.3) is 0 Å². The average molecular weight is 258 g/mol. The summed E-state index contributed by atoms with van der Waals surface area (Å²) in [7, 11) is 1.17. The van der Waals surface area contributed by atoms with Crippen molar-refractivity contribution in [3.8, 4) is 0 Å². The summed E-state index contributed by atoms with van der Waals surface area (Å²) in [6.07, 6.45) is -1.57. The quantitative estimate of drug-likeness (QED) is 0.844. The minimum Gasteiger partial charge on any atom is -0.469 e. The van der Waals surface area contributed by atoms with Crippen LogP contribution < -0.4 is 0 Å². The molecule has 100 valence electrons. The molecule has 0 aliphatic rings. The van der Waals surface area contributed by atoms with Crippen molar-refractivity contribution in [3.05, 3.63) is 35.4 Å². The summed E-state index contributed by atoms with van der Waals surface area (Å²) in [5.74, 6) is -3.78. The van der Waals surface area contributed by atoms with Gasteiger partial charge in [-0.25, -0.2) is 8.78 Å². The van der Waals surface area contributed by atoms with Gasteiger partial charge in [0.2, 0.25) is 0 Å². The second kappa shape index (κ2) is 5.91. The summed E-state index contributed by atoms with van der Waals surface area (Å²) in [5.41, 5.74) is -0.499. The number of ether oxygens (including phenoxy) is 1. The first kappa shape index (κ1) is 14.6. The lowest BCUT2D eigenvalue weighted by molar-refractivity contribution is -0.152. The van der Waals surface area contributed by atoms with E-state index in [1.165, 1.54) is 13.2 Å². The zero-order valence-electron chi connectivity index (χ0n) is 10.5. The maximum Gasteiger partial charge on any atom is 0.311 e. The molecule has 0 saturated heterocycles. The number of aliphatic hydroxyl groups is 1. The van der Waals surface area contributed by atoms with E-state index in [2.05, 4.69) is 4.74 Å². The minimum atomic E-state index is -1.57. The van der Waals surface area contributed by atoms with Gasteiger partial charge in [-0.2, -0.15) is 0 Å². The number of rotatable bonds is 4. The predicted molar refractivity (Wildman–Crippen MR) is 61.7 cm³/mol. The molecule has 2 atom stereocenters. The maximum atomic E-state index is 13.5. The van der Waals surface area contributed by atoms with E-state index < -0.39 is 35.2 Å². The van der Waals surface area contributed by atoms with Gasteiger partial charge in [-0.15, -0.1) is 0 Å². The normalized spacial score (nSPS) is 14.4. The highest BCUT2D eigenvalue weighted by Gasteiger charge is 2.34. The van der Waals surface area contributed by atoms with Crippen molar-refractivity contribution >= 4 is 5.97 Å². The molecule has 0 bridgehead atoms. The molecule has 1 aromatic carbocycles. The van der Waals surface area contributed by atoms with Crippen molar-refractivity contribution in [1.29, 1.82) is 0 Å². The highest BCUT2D eigenvalue weighted by atomic mass is 19.1. The van der Waals surface area contributed by atoms with Crippen molar-refractivity contribution < 1.29 is 23.4 Å². The Labute approximate surface area is 104 Å². The van der Waals surface area contributed by atoms with Gasteiger partial charge in [0.25, 0.3) is 0 Å². The van der Waals surface area contributed by atoms with E-state index in [1.807, 2.05) is 0 Å². The van der Waals surface area contributed by atoms with E-state index in [4.69, 9.17) is 0 Å². The largest absolute Gasteiger partial charge is 0.469 e. The van der Waals surface area contributed by atoms with Crippen LogP contribution in [0.2, 0.25) is 0 Å². The van der Waals surface area contributed by atoms with Gasteiger partial charge in [-0.3, -0.25) is 4.79 Å². The van der Waals surface area contributed by atoms with Gasteiger partial charge >= 0.3 is 5.97 Å². The van der Waals surface area contributed by atoms with E-state index in [1.54, 1.807) is 13.8 Å². The number of carbonyl (C=O) groups excluding carboxylic acids is 1. The van der Waals surface area contributed by atoms with E-state index in [-0.39, 0.29) is 5.92 Å². The first-order chi connectivity index (χ1) is 8.40. The standard InChI is InChI=1S/C13H16F2O3/c1-7(2)10(13(17)18-3)12(16)11-8(14)5-4-6-9(11)15/h4-7,10,12,16H,1-3H3. The number of aliphatic hydroxyl groups excluding tert-OH is 1. The molecule has 0 spiro atoms. The lowest BCUT2D eigenvalue weighted by Gasteiger charge is -2.24. The van der Waals surface area contributed by atoms with Crippen LogP contribution >= 0.6 is 0 Å². The number of benzene rings is 1. The van der Waals surface area contributed by atoms with Crippen LogP contribution in [0, 0.1) is 23.5 Å². The molecule has 3 nitrogen and oxygen atoms in total. The third-order valence-corrected chi connectivity index (χ3v) is 2.83. The van der Waals surface area contributed by atoms with Crippen molar-refractivity contribution in [2.75, 3.05) is 7.11 Å². The molecule has 0 fully saturated rings. The summed E-state index contributed by atoms with van der Waals surface area (Å²) < 4.78 is 31.6. The van der Waals surface area contributed by atoms with Crippen molar-refractivity contribution in [2.45, 2.75) is 20.0 Å². The molecule has 1 aromatic rings. The SMILES string of the molecule is COC(=O)C(C(C)C)C(O)c1c(F)cccc1F. The van der Waals surface area contributed by atoms with Crippen molar-refractivity contribution in [2.24, 2.45) is 11.8 Å². The van der Waals surface area contributed by atoms with Gasteiger partial charge < -0.3 is 9.84 Å². The molecule has 0 saturated carbocycles. The van der Waals surface area contributed by atoms with Crippen molar-refractivity contribution in [1.82, 2.24) is 0 Å². The molecular weight excluding hydrogens is 242 g/mol. The minimum absolute atomic E-state index is 0.313. The third kappa shape index (κ3) is 2.85. The molecule has 0 aliphatic heterocycles. The van der Waals surface area contributed by atoms with Gasteiger partial charge in [0.05, 0.1) is 24.7 Å². The average Bonchev–Trinajstić information content (AvgIpc) is 2.28. The second-order valence-corrected chi connectivity index (χ2v) is 4.37. The molecular formula is C13H16F2O3. The fraction of sp³-hybridized carbons (Fsp3) is 0.462. The molecule has 5 heteroatoms. The van der Waals surface area contributed by atoms with Gasteiger partial charge in [0.1, 0.15) is 11.6 Å². The first-order valence-corrected chi connectivity index (χ1v) is 5.60. The van der Waals surface area contributed by atoms with E-state index in [0.717, 1.165) is 12.1 Å². The monoisotopic (exact) mass is 258 g/mol. The number of halogens is 2. The number of esters is 1.